The van der Waals surface area contributed by atoms with Crippen LogP contribution in [0, 0.1) is 5.82 Å². The van der Waals surface area contributed by atoms with Crippen molar-refractivity contribution in [1.29, 1.82) is 0 Å². The molecule has 180 valence electrons. The van der Waals surface area contributed by atoms with Crippen molar-refractivity contribution in [3.05, 3.63) is 42.0 Å². The van der Waals surface area contributed by atoms with E-state index in [1.54, 1.807) is 0 Å². The maximum absolute atomic E-state index is 15.4. The lowest BCUT2D eigenvalue weighted by molar-refractivity contribution is -0.117. The van der Waals surface area contributed by atoms with Crippen molar-refractivity contribution in [2.75, 3.05) is 19.4 Å². The second-order valence-electron chi connectivity index (χ2n) is 7.78. The third-order valence-electron chi connectivity index (χ3n) is 4.92. The van der Waals surface area contributed by atoms with Gasteiger partial charge in [-0.05, 0) is 30.7 Å². The van der Waals surface area contributed by atoms with Crippen LogP contribution in [-0.4, -0.2) is 54.0 Å². The number of thioether (sulfide) groups is 1. The Morgan fingerprint density at radius 2 is 2.15 bits per heavy atom. The molecule has 34 heavy (non-hydrogen) atoms. The molecule has 4 rings (SSSR count). The van der Waals surface area contributed by atoms with Crippen molar-refractivity contribution >= 4 is 43.5 Å². The molecule has 1 amide bonds. The van der Waals surface area contributed by atoms with Gasteiger partial charge in [-0.1, -0.05) is 18.7 Å². The number of sulfone groups is 1. The molecule has 9 nitrogen and oxygen atoms in total. The van der Waals surface area contributed by atoms with Crippen LogP contribution in [0.1, 0.15) is 25.5 Å². The average molecular weight is 507 g/mol. The van der Waals surface area contributed by atoms with E-state index in [1.807, 2.05) is 13.0 Å². The molecular weight excluding hydrogens is 483 g/mol. The number of ether oxygens (including phenoxy) is 2. The number of rotatable bonds is 9. The summed E-state index contributed by atoms with van der Waals surface area (Å²) in [6, 6.07) is 6.03. The number of hydrogen-bond donors (Lipinski definition) is 2. The Hall–Kier alpha value is -3.12. The minimum absolute atomic E-state index is 0.0126. The van der Waals surface area contributed by atoms with Crippen LogP contribution < -0.4 is 15.2 Å². The Kier molecular flexibility index (Phi) is 6.80. The lowest BCUT2D eigenvalue weighted by Crippen LogP contribution is -2.18. The molecule has 3 aromatic rings. The molecule has 1 aliphatic rings. The van der Waals surface area contributed by atoms with Crippen LogP contribution >= 0.6 is 11.8 Å². The first-order valence-electron chi connectivity index (χ1n) is 10.5. The summed E-state index contributed by atoms with van der Waals surface area (Å²) >= 11 is 1.44. The normalized spacial score (nSPS) is 16.0. The van der Waals surface area contributed by atoms with Gasteiger partial charge in [0.1, 0.15) is 10.8 Å². The van der Waals surface area contributed by atoms with Gasteiger partial charge >= 0.3 is 0 Å². The molecule has 0 saturated heterocycles. The number of fused-ring (bicyclic) bond motifs is 1. The fourth-order valence-electron chi connectivity index (χ4n) is 3.40. The smallest absolute Gasteiger partial charge is 0.218 e. The highest BCUT2D eigenvalue weighted by Crippen LogP contribution is 2.39. The van der Waals surface area contributed by atoms with Crippen molar-refractivity contribution in [2.24, 2.45) is 10.7 Å². The molecule has 0 radical (unpaired) electrons. The summed E-state index contributed by atoms with van der Waals surface area (Å²) in [6.45, 7) is 2.68. The van der Waals surface area contributed by atoms with Crippen LogP contribution in [-0.2, 0) is 14.6 Å². The first-order chi connectivity index (χ1) is 16.2. The Morgan fingerprint density at radius 1 is 1.35 bits per heavy atom. The van der Waals surface area contributed by atoms with E-state index in [9.17, 15) is 13.2 Å². The zero-order chi connectivity index (χ0) is 24.5. The van der Waals surface area contributed by atoms with E-state index >= 15 is 4.39 Å². The van der Waals surface area contributed by atoms with Crippen LogP contribution in [0.4, 0.5) is 4.39 Å². The maximum atomic E-state index is 15.4. The highest BCUT2D eigenvalue weighted by Gasteiger charge is 2.25. The summed E-state index contributed by atoms with van der Waals surface area (Å²) in [5.74, 6) is -0.991. The number of pyridine rings is 1. The number of aromatic amines is 1. The molecule has 0 spiro atoms. The van der Waals surface area contributed by atoms with Gasteiger partial charge in [0.25, 0.3) is 0 Å². The highest BCUT2D eigenvalue weighted by molar-refractivity contribution is 8.15. The fourth-order valence-corrected chi connectivity index (χ4v) is 5.06. The monoisotopic (exact) mass is 506 g/mol. The van der Waals surface area contributed by atoms with E-state index in [4.69, 9.17) is 15.2 Å². The Balaban J connectivity index is 1.68. The van der Waals surface area contributed by atoms with E-state index in [1.165, 1.54) is 36.2 Å². The predicted molar refractivity (Wildman–Crippen MR) is 128 cm³/mol. The van der Waals surface area contributed by atoms with Crippen LogP contribution in [0.3, 0.4) is 0 Å². The summed E-state index contributed by atoms with van der Waals surface area (Å²) in [4.78, 5) is 22.8. The fraction of sp³-hybridized carbons (Fsp3) is 0.318. The first-order valence-corrected chi connectivity index (χ1v) is 13.2. The summed E-state index contributed by atoms with van der Waals surface area (Å²) in [6.07, 6.45) is 3.17. The van der Waals surface area contributed by atoms with E-state index in [-0.39, 0.29) is 39.9 Å². The van der Waals surface area contributed by atoms with E-state index in [2.05, 4.69) is 15.0 Å². The second-order valence-corrected chi connectivity index (χ2v) is 11.0. The van der Waals surface area contributed by atoms with Gasteiger partial charge in [0.05, 0.1) is 30.6 Å². The first kappa shape index (κ1) is 24.0. The SMILES string of the molecule is CCCOc1c(F)c(Oc2ccc(S(C)(=O)=O)nc2)cc2cc(C3=NCC(CC(N)=O)S3)[nH]c12. The molecule has 1 atom stereocenters. The van der Waals surface area contributed by atoms with Crippen LogP contribution in [0.25, 0.3) is 10.9 Å². The zero-order valence-electron chi connectivity index (χ0n) is 18.5. The van der Waals surface area contributed by atoms with Crippen molar-refractivity contribution < 1.29 is 27.1 Å². The third-order valence-corrected chi connectivity index (χ3v) is 7.14. The standard InChI is InChI=1S/C22H23FN4O5S2/c1-3-6-31-21-19(23)16(32-13-4-5-18(25-10-13)34(2,29)30)8-12-7-15(27-20(12)21)22-26-11-14(33-22)9-17(24)28/h4-5,7-8,10,14,27H,3,6,9,11H2,1-2H3,(H2,24,28). The van der Waals surface area contributed by atoms with Gasteiger partial charge in [-0.2, -0.15) is 4.39 Å². The van der Waals surface area contributed by atoms with Crippen LogP contribution in [0.2, 0.25) is 0 Å². The number of nitrogens with two attached hydrogens (primary N) is 1. The molecule has 0 bridgehead atoms. The topological polar surface area (TPSA) is 137 Å². The van der Waals surface area contributed by atoms with Gasteiger partial charge < -0.3 is 20.2 Å². The van der Waals surface area contributed by atoms with Gasteiger partial charge in [0.2, 0.25) is 11.7 Å². The molecule has 0 saturated carbocycles. The molecule has 2 aromatic heterocycles. The number of benzene rings is 1. The second kappa shape index (κ2) is 9.63. The number of nitrogens with zero attached hydrogens (tertiary/aromatic N) is 2. The quantitative estimate of drug-likeness (QED) is 0.454. The molecular formula is C22H23FN4O5S2. The van der Waals surface area contributed by atoms with Crippen molar-refractivity contribution in [3.63, 3.8) is 0 Å². The number of carbonyl (C=O) groups is 1. The molecule has 12 heteroatoms. The lowest BCUT2D eigenvalue weighted by atomic mass is 10.2. The number of carbonyl (C=O) groups excluding carboxylic acids is 1. The number of primary amides is 1. The van der Waals surface area contributed by atoms with Gasteiger partial charge in [-0.15, -0.1) is 0 Å². The summed E-state index contributed by atoms with van der Waals surface area (Å²) in [5, 5.41) is 1.20. The van der Waals surface area contributed by atoms with E-state index in [0.29, 0.717) is 41.2 Å². The van der Waals surface area contributed by atoms with Gasteiger partial charge in [0, 0.05) is 23.3 Å². The van der Waals surface area contributed by atoms with Gasteiger partial charge in [-0.25, -0.2) is 13.4 Å². The van der Waals surface area contributed by atoms with Crippen molar-refractivity contribution in [3.8, 4) is 17.2 Å². The molecule has 0 fully saturated rings. The zero-order valence-corrected chi connectivity index (χ0v) is 20.1. The molecule has 1 aromatic carbocycles. The molecule has 1 unspecified atom stereocenters. The molecule has 0 aliphatic carbocycles. The summed E-state index contributed by atoms with van der Waals surface area (Å²) in [7, 11) is -3.47. The highest BCUT2D eigenvalue weighted by atomic mass is 32.2. The number of hydrogen-bond acceptors (Lipinski definition) is 8. The number of H-pyrrole nitrogens is 1. The van der Waals surface area contributed by atoms with Crippen molar-refractivity contribution in [2.45, 2.75) is 30.0 Å². The minimum atomic E-state index is -3.47. The Bertz CT molecular complexity index is 1370. The van der Waals surface area contributed by atoms with Crippen LogP contribution in [0.5, 0.6) is 17.2 Å². The minimum Gasteiger partial charge on any atom is -0.488 e. The lowest BCUT2D eigenvalue weighted by Gasteiger charge is -2.12. The summed E-state index contributed by atoms with van der Waals surface area (Å²) in [5.41, 5.74) is 6.42. The van der Waals surface area contributed by atoms with Crippen molar-refractivity contribution in [1.82, 2.24) is 9.97 Å². The predicted octanol–water partition coefficient (Wildman–Crippen LogP) is 3.42. The number of nitrogens with one attached hydrogen (secondary N) is 1. The molecule has 3 heterocycles. The average Bonchev–Trinajstić information content (AvgIpc) is 3.40. The van der Waals surface area contributed by atoms with Crippen LogP contribution in [0.15, 0.2) is 40.5 Å². The molecule has 3 N–H and O–H groups in total. The Morgan fingerprint density at radius 3 is 2.79 bits per heavy atom. The maximum Gasteiger partial charge on any atom is 0.218 e. The number of aliphatic imine (C=N–C) groups is 1. The summed E-state index contributed by atoms with van der Waals surface area (Å²) < 4.78 is 50.0. The van der Waals surface area contributed by atoms with Gasteiger partial charge in [-0.3, -0.25) is 9.79 Å². The van der Waals surface area contributed by atoms with Gasteiger partial charge in [0.15, 0.2) is 26.4 Å². The Labute approximate surface area is 199 Å². The third kappa shape index (κ3) is 5.17. The largest absolute Gasteiger partial charge is 0.488 e. The number of amides is 1. The number of aromatic nitrogens is 2. The molecule has 1 aliphatic heterocycles. The van der Waals surface area contributed by atoms with E-state index < -0.39 is 15.7 Å². The number of halogens is 1. The van der Waals surface area contributed by atoms with E-state index in [0.717, 1.165) is 6.26 Å².